The molecule has 0 radical (unpaired) electrons. The third-order valence-corrected chi connectivity index (χ3v) is 5.54. The predicted octanol–water partition coefficient (Wildman–Crippen LogP) is 1.46. The lowest BCUT2D eigenvalue weighted by molar-refractivity contribution is -0.112. The van der Waals surface area contributed by atoms with Crippen LogP contribution in [0.1, 0.15) is 12.0 Å². The van der Waals surface area contributed by atoms with Crippen molar-refractivity contribution in [1.29, 1.82) is 5.26 Å². The number of nitriles is 1. The second-order valence-electron chi connectivity index (χ2n) is 5.70. The van der Waals surface area contributed by atoms with E-state index < -0.39 is 15.7 Å². The van der Waals surface area contributed by atoms with Crippen LogP contribution in [-0.4, -0.2) is 43.8 Å². The normalized spacial score (nSPS) is 19.9. The molecular formula is C16H19N3O3S. The Kier molecular flexibility index (Phi) is 5.06. The molecule has 0 aromatic heterocycles. The van der Waals surface area contributed by atoms with Gasteiger partial charge in [-0.15, -0.1) is 0 Å². The van der Waals surface area contributed by atoms with Crippen LogP contribution in [0.2, 0.25) is 0 Å². The zero-order chi connectivity index (χ0) is 17.0. The van der Waals surface area contributed by atoms with Crippen LogP contribution in [0.25, 0.3) is 0 Å². The number of nitrogens with one attached hydrogen (secondary N) is 1. The summed E-state index contributed by atoms with van der Waals surface area (Å²) in [5.74, 6) is -0.310. The van der Waals surface area contributed by atoms with Gasteiger partial charge in [0, 0.05) is 25.0 Å². The van der Waals surface area contributed by atoms with Crippen LogP contribution in [0, 0.1) is 18.3 Å². The summed E-state index contributed by atoms with van der Waals surface area (Å²) in [4.78, 5) is 13.8. The summed E-state index contributed by atoms with van der Waals surface area (Å²) in [6.45, 7) is 1.94. The highest BCUT2D eigenvalue weighted by molar-refractivity contribution is 7.91. The highest BCUT2D eigenvalue weighted by Gasteiger charge is 2.30. The van der Waals surface area contributed by atoms with Gasteiger partial charge >= 0.3 is 0 Å². The van der Waals surface area contributed by atoms with Crippen LogP contribution in [-0.2, 0) is 14.6 Å². The number of anilines is 1. The maximum absolute atomic E-state index is 12.2. The molecule has 122 valence electrons. The van der Waals surface area contributed by atoms with Crippen LogP contribution in [0.5, 0.6) is 0 Å². The maximum Gasteiger partial charge on any atom is 0.267 e. The van der Waals surface area contributed by atoms with E-state index >= 15 is 0 Å². The standard InChI is InChI=1S/C16H19N3O3S/c1-12-3-5-14(6-4-12)18-16(20)13(9-17)10-19(2)15-7-8-23(21,22)11-15/h3-6,10,15H,7-8,11H2,1-2H3,(H,18,20)/b13-10-. The number of benzene rings is 1. The number of hydrogen-bond donors (Lipinski definition) is 1. The highest BCUT2D eigenvalue weighted by Crippen LogP contribution is 2.18. The molecule has 1 aliphatic heterocycles. The number of amides is 1. The fourth-order valence-corrected chi connectivity index (χ4v) is 4.17. The average molecular weight is 333 g/mol. The molecule has 1 fully saturated rings. The number of carbonyl (C=O) groups excluding carboxylic acids is 1. The molecule has 1 N–H and O–H groups in total. The Morgan fingerprint density at radius 2 is 2.04 bits per heavy atom. The maximum atomic E-state index is 12.2. The number of nitrogens with zero attached hydrogens (tertiary/aromatic N) is 2. The van der Waals surface area contributed by atoms with E-state index in [4.69, 9.17) is 0 Å². The summed E-state index contributed by atoms with van der Waals surface area (Å²) in [6.07, 6.45) is 1.92. The molecule has 0 aliphatic carbocycles. The molecule has 1 unspecified atom stereocenters. The van der Waals surface area contributed by atoms with Crippen LogP contribution in [0.3, 0.4) is 0 Å². The lowest BCUT2D eigenvalue weighted by Gasteiger charge is -2.21. The molecule has 1 aromatic rings. The smallest absolute Gasteiger partial charge is 0.267 e. The summed E-state index contributed by atoms with van der Waals surface area (Å²) >= 11 is 0. The molecule has 2 rings (SSSR count). The van der Waals surface area contributed by atoms with Crippen molar-refractivity contribution in [3.8, 4) is 6.07 Å². The van der Waals surface area contributed by atoms with E-state index in [0.29, 0.717) is 12.1 Å². The Bertz CT molecular complexity index is 761. The summed E-state index contributed by atoms with van der Waals surface area (Å²) in [6, 6.07) is 8.91. The molecule has 1 aliphatic rings. The number of sulfone groups is 1. The van der Waals surface area contributed by atoms with Gasteiger partial charge in [0.05, 0.1) is 11.5 Å². The third-order valence-electron chi connectivity index (χ3n) is 3.79. The summed E-state index contributed by atoms with van der Waals surface area (Å²) < 4.78 is 23.0. The van der Waals surface area contributed by atoms with Gasteiger partial charge in [-0.1, -0.05) is 17.7 Å². The number of rotatable bonds is 4. The zero-order valence-electron chi connectivity index (χ0n) is 13.1. The average Bonchev–Trinajstić information content (AvgIpc) is 2.87. The van der Waals surface area contributed by atoms with Crippen molar-refractivity contribution in [2.75, 3.05) is 23.9 Å². The van der Waals surface area contributed by atoms with Crippen molar-refractivity contribution in [3.05, 3.63) is 41.6 Å². The fourth-order valence-electron chi connectivity index (χ4n) is 2.38. The van der Waals surface area contributed by atoms with Gasteiger partial charge in [0.25, 0.3) is 5.91 Å². The van der Waals surface area contributed by atoms with Gasteiger partial charge in [-0.05, 0) is 25.5 Å². The number of hydrogen-bond acceptors (Lipinski definition) is 5. The molecule has 0 spiro atoms. The molecule has 0 saturated carbocycles. The largest absolute Gasteiger partial charge is 0.375 e. The first kappa shape index (κ1) is 17.0. The number of carbonyl (C=O) groups is 1. The Labute approximate surface area is 136 Å². The van der Waals surface area contributed by atoms with Crippen LogP contribution in [0.4, 0.5) is 5.69 Å². The van der Waals surface area contributed by atoms with Crippen molar-refractivity contribution in [2.45, 2.75) is 19.4 Å². The van der Waals surface area contributed by atoms with Gasteiger partial charge in [-0.3, -0.25) is 4.79 Å². The quantitative estimate of drug-likeness (QED) is 0.665. The van der Waals surface area contributed by atoms with E-state index in [9.17, 15) is 18.5 Å². The topological polar surface area (TPSA) is 90.3 Å². The van der Waals surface area contributed by atoms with E-state index in [1.165, 1.54) is 6.20 Å². The fraction of sp³-hybridized carbons (Fsp3) is 0.375. The molecule has 1 atom stereocenters. The Hall–Kier alpha value is -2.33. The van der Waals surface area contributed by atoms with Crippen LogP contribution >= 0.6 is 0 Å². The molecule has 7 heteroatoms. The minimum absolute atomic E-state index is 0.0539. The van der Waals surface area contributed by atoms with Crippen LogP contribution < -0.4 is 5.32 Å². The molecule has 1 amide bonds. The van der Waals surface area contributed by atoms with Gasteiger partial charge in [0.15, 0.2) is 9.84 Å². The van der Waals surface area contributed by atoms with E-state index in [-0.39, 0.29) is 23.1 Å². The second-order valence-corrected chi connectivity index (χ2v) is 7.93. The van der Waals surface area contributed by atoms with E-state index in [0.717, 1.165) is 5.56 Å². The minimum atomic E-state index is -3.01. The van der Waals surface area contributed by atoms with Crippen molar-refractivity contribution in [1.82, 2.24) is 4.90 Å². The minimum Gasteiger partial charge on any atom is -0.375 e. The van der Waals surface area contributed by atoms with Gasteiger partial charge < -0.3 is 10.2 Å². The lowest BCUT2D eigenvalue weighted by Crippen LogP contribution is -2.29. The second kappa shape index (κ2) is 6.84. The number of aryl methyl sites for hydroxylation is 1. The molecular weight excluding hydrogens is 314 g/mol. The first-order valence-corrected chi connectivity index (χ1v) is 9.05. The SMILES string of the molecule is Cc1ccc(NC(=O)/C(C#N)=C\N(C)C2CCS(=O)(=O)C2)cc1. The van der Waals surface area contributed by atoms with Crippen molar-refractivity contribution in [3.63, 3.8) is 0 Å². The summed E-state index contributed by atoms with van der Waals surface area (Å²) in [5, 5.41) is 11.8. The summed E-state index contributed by atoms with van der Waals surface area (Å²) in [7, 11) is -1.33. The highest BCUT2D eigenvalue weighted by atomic mass is 32.2. The Balaban J connectivity index is 2.07. The van der Waals surface area contributed by atoms with Gasteiger partial charge in [-0.2, -0.15) is 5.26 Å². The molecule has 1 aromatic carbocycles. The Morgan fingerprint density at radius 1 is 1.39 bits per heavy atom. The van der Waals surface area contributed by atoms with Crippen LogP contribution in [0.15, 0.2) is 36.0 Å². The Morgan fingerprint density at radius 3 is 2.57 bits per heavy atom. The molecule has 23 heavy (non-hydrogen) atoms. The van der Waals surface area contributed by atoms with Gasteiger partial charge in [-0.25, -0.2) is 8.42 Å². The van der Waals surface area contributed by atoms with E-state index in [1.54, 1.807) is 24.1 Å². The lowest BCUT2D eigenvalue weighted by atomic mass is 10.2. The van der Waals surface area contributed by atoms with Gasteiger partial charge in [0.1, 0.15) is 11.6 Å². The van der Waals surface area contributed by atoms with Crippen molar-refractivity contribution in [2.24, 2.45) is 0 Å². The molecule has 1 saturated heterocycles. The van der Waals surface area contributed by atoms with Gasteiger partial charge in [0.2, 0.25) is 0 Å². The monoisotopic (exact) mass is 333 g/mol. The first-order valence-electron chi connectivity index (χ1n) is 7.23. The third kappa shape index (κ3) is 4.57. The molecule has 0 bridgehead atoms. The van der Waals surface area contributed by atoms with E-state index in [1.807, 2.05) is 25.1 Å². The molecule has 6 nitrogen and oxygen atoms in total. The summed E-state index contributed by atoms with van der Waals surface area (Å²) in [5.41, 5.74) is 1.62. The van der Waals surface area contributed by atoms with E-state index in [2.05, 4.69) is 5.32 Å². The predicted molar refractivity (Wildman–Crippen MR) is 88.3 cm³/mol. The van der Waals surface area contributed by atoms with Crippen molar-refractivity contribution >= 4 is 21.4 Å². The first-order chi connectivity index (χ1) is 10.8. The zero-order valence-corrected chi connectivity index (χ0v) is 13.9. The molecule has 1 heterocycles. The van der Waals surface area contributed by atoms with Crippen molar-refractivity contribution < 1.29 is 13.2 Å².